The van der Waals surface area contributed by atoms with Gasteiger partial charge in [0.15, 0.2) is 0 Å². The van der Waals surface area contributed by atoms with Gasteiger partial charge in [0.05, 0.1) is 32.7 Å². The summed E-state index contributed by atoms with van der Waals surface area (Å²) in [5.74, 6) is 0.198. The molecule has 0 radical (unpaired) electrons. The Morgan fingerprint density at radius 3 is 1.79 bits per heavy atom. The van der Waals surface area contributed by atoms with Crippen molar-refractivity contribution >= 4 is 0 Å². The van der Waals surface area contributed by atoms with Crippen molar-refractivity contribution in [3.05, 3.63) is 120 Å². The molecule has 1 aliphatic rings. The van der Waals surface area contributed by atoms with Crippen LogP contribution in [-0.4, -0.2) is 25.4 Å². The van der Waals surface area contributed by atoms with Crippen molar-refractivity contribution in [2.75, 3.05) is 13.2 Å². The number of rotatable bonds is 12. The zero-order chi connectivity index (χ0) is 22.6. The predicted octanol–water partition coefficient (Wildman–Crippen LogP) is 5.92. The van der Waals surface area contributed by atoms with Crippen LogP contribution >= 0.6 is 0 Å². The van der Waals surface area contributed by atoms with Crippen LogP contribution < -0.4 is 0 Å². The molecule has 172 valence electrons. The Bertz CT molecular complexity index is 943. The Hall–Kier alpha value is -2.92. The Morgan fingerprint density at radius 1 is 0.636 bits per heavy atom. The minimum atomic E-state index is -0.165. The van der Waals surface area contributed by atoms with E-state index in [2.05, 4.69) is 42.5 Å². The van der Waals surface area contributed by atoms with Crippen molar-refractivity contribution in [2.24, 2.45) is 5.92 Å². The smallest absolute Gasteiger partial charge is 0.148 e. The molecule has 4 rings (SSSR count). The van der Waals surface area contributed by atoms with Crippen molar-refractivity contribution in [1.29, 1.82) is 0 Å². The first-order valence-corrected chi connectivity index (χ1v) is 11.6. The molecule has 0 saturated carbocycles. The molecule has 0 aromatic heterocycles. The normalized spacial score (nSPS) is 19.8. The Morgan fingerprint density at radius 2 is 1.18 bits per heavy atom. The van der Waals surface area contributed by atoms with E-state index in [0.717, 1.165) is 17.5 Å². The summed E-state index contributed by atoms with van der Waals surface area (Å²) in [4.78, 5) is 0. The summed E-state index contributed by atoms with van der Waals surface area (Å²) in [5, 5.41) is 0. The molecule has 0 fully saturated rings. The van der Waals surface area contributed by atoms with E-state index in [1.165, 1.54) is 5.56 Å². The van der Waals surface area contributed by atoms with Gasteiger partial charge >= 0.3 is 0 Å². The zero-order valence-electron chi connectivity index (χ0n) is 18.9. The fourth-order valence-electron chi connectivity index (χ4n) is 3.95. The fourth-order valence-corrected chi connectivity index (χ4v) is 3.95. The van der Waals surface area contributed by atoms with Crippen molar-refractivity contribution in [2.45, 2.75) is 38.4 Å². The first-order valence-electron chi connectivity index (χ1n) is 11.6. The van der Waals surface area contributed by atoms with Gasteiger partial charge in [-0.25, -0.2) is 0 Å². The van der Waals surface area contributed by atoms with Gasteiger partial charge in [-0.1, -0.05) is 91.0 Å². The number of hydrogen-bond donors (Lipinski definition) is 0. The van der Waals surface area contributed by atoms with E-state index in [1.54, 1.807) is 6.26 Å². The molecule has 0 aliphatic carbocycles. The van der Waals surface area contributed by atoms with Crippen LogP contribution in [-0.2, 0) is 38.8 Å². The Kier molecular flexibility index (Phi) is 9.12. The molecule has 3 aromatic rings. The third kappa shape index (κ3) is 7.57. The van der Waals surface area contributed by atoms with Crippen LogP contribution in [0.15, 0.2) is 103 Å². The van der Waals surface area contributed by atoms with Crippen molar-refractivity contribution in [3.8, 4) is 0 Å². The van der Waals surface area contributed by atoms with Crippen LogP contribution in [0, 0.1) is 5.92 Å². The summed E-state index contributed by atoms with van der Waals surface area (Å²) >= 11 is 0. The highest BCUT2D eigenvalue weighted by molar-refractivity contribution is 5.15. The van der Waals surface area contributed by atoms with Crippen LogP contribution in [0.3, 0.4) is 0 Å². The molecule has 0 bridgehead atoms. The maximum atomic E-state index is 6.40. The molecule has 4 nitrogen and oxygen atoms in total. The molecular formula is C29H32O4. The van der Waals surface area contributed by atoms with Crippen LogP contribution in [0.25, 0.3) is 0 Å². The number of benzene rings is 3. The molecule has 0 spiro atoms. The van der Waals surface area contributed by atoms with Crippen molar-refractivity contribution in [3.63, 3.8) is 0 Å². The summed E-state index contributed by atoms with van der Waals surface area (Å²) in [7, 11) is 0. The summed E-state index contributed by atoms with van der Waals surface area (Å²) in [6.07, 6.45) is 4.48. The van der Waals surface area contributed by atoms with E-state index in [0.29, 0.717) is 33.0 Å². The second-order valence-corrected chi connectivity index (χ2v) is 8.26. The highest BCUT2D eigenvalue weighted by atomic mass is 16.6. The maximum Gasteiger partial charge on any atom is 0.148 e. The van der Waals surface area contributed by atoms with Gasteiger partial charge in [-0.05, 0) is 29.2 Å². The van der Waals surface area contributed by atoms with Gasteiger partial charge in [-0.15, -0.1) is 0 Å². The van der Waals surface area contributed by atoms with Crippen LogP contribution in [0.1, 0.15) is 23.1 Å². The summed E-state index contributed by atoms with van der Waals surface area (Å²) in [6, 6.07) is 30.7. The standard InChI is InChI=1S/C29H32O4/c1-4-10-24(11-5-1)20-30-18-16-27-17-19-32-28(23-31-21-25-12-6-2-7-13-25)29(27)33-22-26-14-8-3-9-15-26/h1-15,17,19,27-29H,16,18,20-23H2/t27-,28+,29-/m0/s1. The van der Waals surface area contributed by atoms with Gasteiger partial charge in [-0.3, -0.25) is 0 Å². The summed E-state index contributed by atoms with van der Waals surface area (Å²) in [6.45, 7) is 2.85. The zero-order valence-corrected chi connectivity index (χ0v) is 18.9. The fraction of sp³-hybridized carbons (Fsp3) is 0.310. The quantitative estimate of drug-likeness (QED) is 0.325. The van der Waals surface area contributed by atoms with Gasteiger partial charge in [0, 0.05) is 12.5 Å². The van der Waals surface area contributed by atoms with Crippen molar-refractivity contribution in [1.82, 2.24) is 0 Å². The molecule has 0 saturated heterocycles. The Balaban J connectivity index is 1.32. The summed E-state index contributed by atoms with van der Waals surface area (Å²) in [5.41, 5.74) is 3.48. The molecule has 0 unspecified atom stereocenters. The average molecular weight is 445 g/mol. The van der Waals surface area contributed by atoms with E-state index in [4.69, 9.17) is 18.9 Å². The van der Waals surface area contributed by atoms with Gasteiger partial charge in [-0.2, -0.15) is 0 Å². The second kappa shape index (κ2) is 12.9. The lowest BCUT2D eigenvalue weighted by molar-refractivity contribution is -0.114. The van der Waals surface area contributed by atoms with E-state index in [9.17, 15) is 0 Å². The van der Waals surface area contributed by atoms with Gasteiger partial charge in [0.25, 0.3) is 0 Å². The third-order valence-electron chi connectivity index (χ3n) is 5.75. The van der Waals surface area contributed by atoms with E-state index in [1.807, 2.05) is 54.6 Å². The molecule has 0 amide bonds. The topological polar surface area (TPSA) is 36.9 Å². The number of hydrogen-bond acceptors (Lipinski definition) is 4. The number of ether oxygens (including phenoxy) is 4. The molecule has 33 heavy (non-hydrogen) atoms. The average Bonchev–Trinajstić information content (AvgIpc) is 2.88. The predicted molar refractivity (Wildman–Crippen MR) is 129 cm³/mol. The van der Waals surface area contributed by atoms with Crippen LogP contribution in [0.4, 0.5) is 0 Å². The minimum absolute atomic E-state index is 0.105. The molecular weight excluding hydrogens is 412 g/mol. The maximum absolute atomic E-state index is 6.40. The SMILES string of the molecule is C1=C[C@H](CCOCc2ccccc2)[C@H](OCc2ccccc2)[C@@H](COCc2ccccc2)O1. The van der Waals surface area contributed by atoms with Gasteiger partial charge in [0.2, 0.25) is 0 Å². The van der Waals surface area contributed by atoms with Gasteiger partial charge < -0.3 is 18.9 Å². The highest BCUT2D eigenvalue weighted by Gasteiger charge is 2.33. The molecule has 4 heteroatoms. The highest BCUT2D eigenvalue weighted by Crippen LogP contribution is 2.26. The first-order chi connectivity index (χ1) is 16.4. The molecule has 0 N–H and O–H groups in total. The monoisotopic (exact) mass is 444 g/mol. The lowest BCUT2D eigenvalue weighted by atomic mass is 9.93. The van der Waals surface area contributed by atoms with Crippen LogP contribution in [0.2, 0.25) is 0 Å². The molecule has 1 aliphatic heterocycles. The van der Waals surface area contributed by atoms with Crippen LogP contribution in [0.5, 0.6) is 0 Å². The lowest BCUT2D eigenvalue weighted by Gasteiger charge is -2.34. The van der Waals surface area contributed by atoms with E-state index in [-0.39, 0.29) is 18.1 Å². The first kappa shape index (κ1) is 23.2. The minimum Gasteiger partial charge on any atom is -0.493 e. The lowest BCUT2D eigenvalue weighted by Crippen LogP contribution is -2.42. The molecule has 3 aromatic carbocycles. The summed E-state index contributed by atoms with van der Waals surface area (Å²) < 4.78 is 24.3. The second-order valence-electron chi connectivity index (χ2n) is 8.26. The Labute approximate surface area is 196 Å². The van der Waals surface area contributed by atoms with E-state index >= 15 is 0 Å². The van der Waals surface area contributed by atoms with Gasteiger partial charge in [0.1, 0.15) is 12.2 Å². The molecule has 3 atom stereocenters. The molecule has 1 heterocycles. The van der Waals surface area contributed by atoms with Crippen molar-refractivity contribution < 1.29 is 18.9 Å². The largest absolute Gasteiger partial charge is 0.493 e. The third-order valence-corrected chi connectivity index (χ3v) is 5.75. The van der Waals surface area contributed by atoms with E-state index < -0.39 is 0 Å².